The maximum atomic E-state index is 11.8. The number of ketones is 1. The van der Waals surface area contributed by atoms with Crippen LogP contribution in [0.15, 0.2) is 18.2 Å². The SMILES string of the molecule is CCOC(=O)c1ccc(C(=O)C(C)Br)c(C#N)c1. The van der Waals surface area contributed by atoms with Gasteiger partial charge in [-0.2, -0.15) is 5.26 Å². The molecule has 0 aliphatic rings. The fourth-order valence-corrected chi connectivity index (χ4v) is 1.65. The van der Waals surface area contributed by atoms with Gasteiger partial charge in [-0.05, 0) is 32.0 Å². The number of benzene rings is 1. The number of rotatable bonds is 4. The summed E-state index contributed by atoms with van der Waals surface area (Å²) in [6.45, 7) is 3.65. The van der Waals surface area contributed by atoms with E-state index < -0.39 is 5.97 Å². The van der Waals surface area contributed by atoms with Gasteiger partial charge in [0.2, 0.25) is 0 Å². The van der Waals surface area contributed by atoms with Crippen LogP contribution in [0.25, 0.3) is 0 Å². The van der Waals surface area contributed by atoms with Gasteiger partial charge in [-0.1, -0.05) is 15.9 Å². The quantitative estimate of drug-likeness (QED) is 0.487. The summed E-state index contributed by atoms with van der Waals surface area (Å²) in [6, 6.07) is 6.26. The summed E-state index contributed by atoms with van der Waals surface area (Å²) in [5.41, 5.74) is 0.749. The van der Waals surface area contributed by atoms with Crippen LogP contribution in [0.3, 0.4) is 0 Å². The minimum Gasteiger partial charge on any atom is -0.462 e. The third-order valence-electron chi connectivity index (χ3n) is 2.28. The van der Waals surface area contributed by atoms with Gasteiger partial charge in [0.25, 0.3) is 0 Å². The molecule has 0 fully saturated rings. The van der Waals surface area contributed by atoms with Crippen molar-refractivity contribution < 1.29 is 14.3 Å². The molecular formula is C13H12BrNO3. The second kappa shape index (κ2) is 6.31. The lowest BCUT2D eigenvalue weighted by Gasteiger charge is -2.07. The second-order valence-electron chi connectivity index (χ2n) is 3.57. The highest BCUT2D eigenvalue weighted by Crippen LogP contribution is 2.17. The largest absolute Gasteiger partial charge is 0.462 e. The number of Topliss-reactive ketones (excluding diaryl/α,β-unsaturated/α-hetero) is 1. The number of alkyl halides is 1. The molecule has 0 aliphatic carbocycles. The molecule has 1 aromatic carbocycles. The third kappa shape index (κ3) is 3.17. The molecule has 0 N–H and O–H groups in total. The van der Waals surface area contributed by atoms with E-state index in [2.05, 4.69) is 15.9 Å². The lowest BCUT2D eigenvalue weighted by Crippen LogP contribution is -2.13. The zero-order valence-corrected chi connectivity index (χ0v) is 11.7. The van der Waals surface area contributed by atoms with Crippen molar-refractivity contribution in [2.75, 3.05) is 6.61 Å². The molecule has 0 aromatic heterocycles. The van der Waals surface area contributed by atoms with E-state index >= 15 is 0 Å². The Morgan fingerprint density at radius 1 is 1.50 bits per heavy atom. The summed E-state index contributed by atoms with van der Waals surface area (Å²) in [5, 5.41) is 9.02. The minimum absolute atomic E-state index is 0.178. The van der Waals surface area contributed by atoms with Crippen LogP contribution in [0.1, 0.15) is 40.1 Å². The molecule has 1 unspecified atom stereocenters. The van der Waals surface area contributed by atoms with E-state index in [0.717, 1.165) is 0 Å². The summed E-state index contributed by atoms with van der Waals surface area (Å²) < 4.78 is 4.83. The molecule has 0 saturated carbocycles. The highest BCUT2D eigenvalue weighted by Gasteiger charge is 2.18. The number of nitriles is 1. The maximum Gasteiger partial charge on any atom is 0.338 e. The molecule has 0 bridgehead atoms. The van der Waals surface area contributed by atoms with Crippen LogP contribution in [-0.4, -0.2) is 23.2 Å². The average molecular weight is 310 g/mol. The number of nitrogens with zero attached hydrogens (tertiary/aromatic N) is 1. The van der Waals surface area contributed by atoms with Crippen LogP contribution in [0.2, 0.25) is 0 Å². The number of hydrogen-bond acceptors (Lipinski definition) is 4. The van der Waals surface area contributed by atoms with Crippen molar-refractivity contribution in [3.05, 3.63) is 34.9 Å². The smallest absolute Gasteiger partial charge is 0.338 e. The molecule has 5 heteroatoms. The van der Waals surface area contributed by atoms with Gasteiger partial charge < -0.3 is 4.74 Å². The molecule has 18 heavy (non-hydrogen) atoms. The first kappa shape index (κ1) is 14.4. The van der Waals surface area contributed by atoms with E-state index in [4.69, 9.17) is 10.00 Å². The Bertz CT molecular complexity index is 517. The number of carbonyl (C=O) groups is 2. The Hall–Kier alpha value is -1.67. The summed E-state index contributed by atoms with van der Waals surface area (Å²) >= 11 is 3.16. The van der Waals surface area contributed by atoms with Gasteiger partial charge in [-0.3, -0.25) is 4.79 Å². The van der Waals surface area contributed by atoms with Crippen molar-refractivity contribution in [3.8, 4) is 6.07 Å². The number of halogens is 1. The van der Waals surface area contributed by atoms with E-state index in [-0.39, 0.29) is 28.3 Å². The topological polar surface area (TPSA) is 67.2 Å². The van der Waals surface area contributed by atoms with Crippen molar-refractivity contribution in [3.63, 3.8) is 0 Å². The van der Waals surface area contributed by atoms with Crippen LogP contribution >= 0.6 is 15.9 Å². The van der Waals surface area contributed by atoms with E-state index in [1.807, 2.05) is 6.07 Å². The number of ether oxygens (including phenoxy) is 1. The number of esters is 1. The molecule has 0 heterocycles. The van der Waals surface area contributed by atoms with E-state index in [0.29, 0.717) is 5.56 Å². The lowest BCUT2D eigenvalue weighted by molar-refractivity contribution is 0.0526. The summed E-state index contributed by atoms with van der Waals surface area (Å²) in [6.07, 6.45) is 0. The highest BCUT2D eigenvalue weighted by molar-refractivity contribution is 9.10. The average Bonchev–Trinajstić information content (AvgIpc) is 2.37. The Morgan fingerprint density at radius 2 is 2.17 bits per heavy atom. The minimum atomic E-state index is -0.500. The van der Waals surface area contributed by atoms with Crippen molar-refractivity contribution in [1.29, 1.82) is 5.26 Å². The van der Waals surface area contributed by atoms with Gasteiger partial charge in [-0.15, -0.1) is 0 Å². The first-order valence-corrected chi connectivity index (χ1v) is 6.32. The Kier molecular flexibility index (Phi) is 5.05. The molecule has 1 aromatic rings. The number of hydrogen-bond donors (Lipinski definition) is 0. The molecule has 1 atom stereocenters. The molecule has 94 valence electrons. The van der Waals surface area contributed by atoms with Crippen LogP contribution < -0.4 is 0 Å². The van der Waals surface area contributed by atoms with E-state index in [9.17, 15) is 9.59 Å². The lowest BCUT2D eigenvalue weighted by atomic mass is 10.00. The molecule has 0 saturated heterocycles. The molecular weight excluding hydrogens is 298 g/mol. The van der Waals surface area contributed by atoms with E-state index in [1.54, 1.807) is 13.8 Å². The predicted octanol–water partition coefficient (Wildman–Crippen LogP) is 2.70. The molecule has 0 aliphatic heterocycles. The normalized spacial score (nSPS) is 11.4. The van der Waals surface area contributed by atoms with Gasteiger partial charge >= 0.3 is 5.97 Å². The highest BCUT2D eigenvalue weighted by atomic mass is 79.9. The maximum absolute atomic E-state index is 11.8. The van der Waals surface area contributed by atoms with Crippen molar-refractivity contribution in [2.24, 2.45) is 0 Å². The number of carbonyl (C=O) groups excluding carboxylic acids is 2. The molecule has 1 rings (SSSR count). The van der Waals surface area contributed by atoms with Crippen LogP contribution in [0.5, 0.6) is 0 Å². The van der Waals surface area contributed by atoms with Gasteiger partial charge in [0.1, 0.15) is 0 Å². The van der Waals surface area contributed by atoms with Crippen LogP contribution in [0, 0.1) is 11.3 Å². The van der Waals surface area contributed by atoms with Gasteiger partial charge in [-0.25, -0.2) is 4.79 Å². The Labute approximate surface area is 114 Å². The molecule has 4 nitrogen and oxygen atoms in total. The van der Waals surface area contributed by atoms with Gasteiger partial charge in [0, 0.05) is 5.56 Å². The standard InChI is InChI=1S/C13H12BrNO3/c1-3-18-13(17)9-4-5-11(10(6-9)7-15)12(16)8(2)14/h4-6,8H,3H2,1-2H3. The zero-order chi connectivity index (χ0) is 13.7. The second-order valence-corrected chi connectivity index (χ2v) is 4.95. The molecule has 0 amide bonds. The zero-order valence-electron chi connectivity index (χ0n) is 10.1. The first-order chi connectivity index (χ1) is 8.51. The van der Waals surface area contributed by atoms with Crippen LogP contribution in [0.4, 0.5) is 0 Å². The summed E-state index contributed by atoms with van der Waals surface area (Å²) in [4.78, 5) is 22.9. The van der Waals surface area contributed by atoms with E-state index in [1.165, 1.54) is 18.2 Å². The summed E-state index contributed by atoms with van der Waals surface area (Å²) in [7, 11) is 0. The van der Waals surface area contributed by atoms with Gasteiger partial charge in [0.15, 0.2) is 5.78 Å². The molecule has 0 spiro atoms. The fourth-order valence-electron chi connectivity index (χ4n) is 1.41. The first-order valence-electron chi connectivity index (χ1n) is 5.40. The monoisotopic (exact) mass is 309 g/mol. The van der Waals surface area contributed by atoms with Crippen molar-refractivity contribution in [1.82, 2.24) is 0 Å². The van der Waals surface area contributed by atoms with Gasteiger partial charge in [0.05, 0.1) is 28.6 Å². The Balaban J connectivity index is 3.17. The third-order valence-corrected chi connectivity index (χ3v) is 2.69. The fraction of sp³-hybridized carbons (Fsp3) is 0.308. The summed E-state index contributed by atoms with van der Waals surface area (Å²) in [5.74, 6) is -0.693. The predicted molar refractivity (Wildman–Crippen MR) is 69.8 cm³/mol. The van der Waals surface area contributed by atoms with Crippen molar-refractivity contribution >= 4 is 27.7 Å². The molecule has 0 radical (unpaired) electrons. The Morgan fingerprint density at radius 3 is 2.67 bits per heavy atom. The van der Waals surface area contributed by atoms with Crippen LogP contribution in [-0.2, 0) is 4.74 Å². The van der Waals surface area contributed by atoms with Crippen molar-refractivity contribution in [2.45, 2.75) is 18.7 Å².